The van der Waals surface area contributed by atoms with E-state index in [0.29, 0.717) is 39.2 Å². The van der Waals surface area contributed by atoms with Crippen LogP contribution in [0.25, 0.3) is 10.9 Å². The van der Waals surface area contributed by atoms with Gasteiger partial charge in [0.05, 0.1) is 6.61 Å². The first-order chi connectivity index (χ1) is 15.1. The zero-order chi connectivity index (χ0) is 21.8. The van der Waals surface area contributed by atoms with Crippen molar-refractivity contribution in [2.75, 3.05) is 32.8 Å². The Balaban J connectivity index is 1.54. The van der Waals surface area contributed by atoms with Gasteiger partial charge in [0.25, 0.3) is 0 Å². The van der Waals surface area contributed by atoms with E-state index in [1.807, 2.05) is 23.2 Å². The van der Waals surface area contributed by atoms with Crippen LogP contribution in [0.1, 0.15) is 36.0 Å². The number of amides is 2. The van der Waals surface area contributed by atoms with Crippen LogP contribution in [0, 0.1) is 6.92 Å². The van der Waals surface area contributed by atoms with E-state index in [0.717, 1.165) is 22.0 Å². The number of benzene rings is 2. The lowest BCUT2D eigenvalue weighted by Gasteiger charge is -2.34. The van der Waals surface area contributed by atoms with Crippen molar-refractivity contribution in [3.05, 3.63) is 71.4 Å². The van der Waals surface area contributed by atoms with E-state index in [4.69, 9.17) is 4.74 Å². The Morgan fingerprint density at radius 1 is 1.00 bits per heavy atom. The Hall–Kier alpha value is -3.28. The van der Waals surface area contributed by atoms with E-state index in [1.54, 1.807) is 11.8 Å². The lowest BCUT2D eigenvalue weighted by molar-refractivity contribution is -0.133. The summed E-state index contributed by atoms with van der Waals surface area (Å²) in [5, 5.41) is 1.15. The van der Waals surface area contributed by atoms with Crippen molar-refractivity contribution < 1.29 is 14.3 Å². The summed E-state index contributed by atoms with van der Waals surface area (Å²) >= 11 is 0. The number of nitrogens with zero attached hydrogens (tertiary/aromatic N) is 2. The third kappa shape index (κ3) is 4.58. The predicted molar refractivity (Wildman–Crippen MR) is 121 cm³/mol. The Labute approximate surface area is 182 Å². The van der Waals surface area contributed by atoms with E-state index in [9.17, 15) is 9.59 Å². The van der Waals surface area contributed by atoms with Crippen molar-refractivity contribution >= 4 is 22.9 Å². The average molecular weight is 420 g/mol. The first-order valence-corrected chi connectivity index (χ1v) is 10.9. The lowest BCUT2D eigenvalue weighted by Crippen LogP contribution is -2.50. The fourth-order valence-electron chi connectivity index (χ4n) is 4.25. The minimum absolute atomic E-state index is 0.0349. The number of fused-ring (bicyclic) bond motifs is 1. The van der Waals surface area contributed by atoms with Gasteiger partial charge in [0.15, 0.2) is 0 Å². The second kappa shape index (κ2) is 9.25. The standard InChI is InChI=1S/C25H29N3O3/c1-3-31-25(30)28-14-12-27(13-15-28)24(29)16-21(19-10-8-18(2)9-11-19)22-17-26-23-7-5-4-6-20(22)23/h4-11,17,21,26H,3,12-16H2,1-2H3/t21-/m1/s1. The van der Waals surface area contributed by atoms with Crippen LogP contribution in [0.5, 0.6) is 0 Å². The number of carbonyl (C=O) groups excluding carboxylic acids is 2. The number of hydrogen-bond acceptors (Lipinski definition) is 3. The highest BCUT2D eigenvalue weighted by Crippen LogP contribution is 2.34. The molecule has 0 aliphatic carbocycles. The zero-order valence-electron chi connectivity index (χ0n) is 18.1. The summed E-state index contributed by atoms with van der Waals surface area (Å²) in [6.45, 7) is 6.31. The third-order valence-corrected chi connectivity index (χ3v) is 6.01. The van der Waals surface area contributed by atoms with E-state index in [2.05, 4.69) is 48.3 Å². The number of aromatic nitrogens is 1. The molecule has 4 rings (SSSR count). The van der Waals surface area contributed by atoms with Gasteiger partial charge >= 0.3 is 6.09 Å². The summed E-state index contributed by atoms with van der Waals surface area (Å²) in [5.41, 5.74) is 4.54. The second-order valence-corrected chi connectivity index (χ2v) is 8.02. The zero-order valence-corrected chi connectivity index (χ0v) is 18.1. The molecule has 162 valence electrons. The summed E-state index contributed by atoms with van der Waals surface area (Å²) in [4.78, 5) is 32.1. The van der Waals surface area contributed by atoms with E-state index >= 15 is 0 Å². The van der Waals surface area contributed by atoms with Gasteiger partial charge in [-0.05, 0) is 31.0 Å². The molecule has 2 amide bonds. The monoisotopic (exact) mass is 419 g/mol. The Kier molecular flexibility index (Phi) is 6.26. The fourth-order valence-corrected chi connectivity index (χ4v) is 4.25. The third-order valence-electron chi connectivity index (χ3n) is 6.01. The van der Waals surface area contributed by atoms with Gasteiger partial charge in [-0.1, -0.05) is 48.0 Å². The number of ether oxygens (including phenoxy) is 1. The number of piperazine rings is 1. The molecule has 0 bridgehead atoms. The number of nitrogens with one attached hydrogen (secondary N) is 1. The molecule has 6 nitrogen and oxygen atoms in total. The highest BCUT2D eigenvalue weighted by molar-refractivity contribution is 5.86. The van der Waals surface area contributed by atoms with Gasteiger partial charge in [0.1, 0.15) is 0 Å². The van der Waals surface area contributed by atoms with Crippen LogP contribution < -0.4 is 0 Å². The van der Waals surface area contributed by atoms with Crippen LogP contribution in [0.3, 0.4) is 0 Å². The normalized spacial score (nSPS) is 15.2. The summed E-state index contributed by atoms with van der Waals surface area (Å²) < 4.78 is 5.08. The first-order valence-electron chi connectivity index (χ1n) is 10.9. The summed E-state index contributed by atoms with van der Waals surface area (Å²) in [6, 6.07) is 16.6. The molecule has 31 heavy (non-hydrogen) atoms. The van der Waals surface area contributed by atoms with Gasteiger partial charge in [-0.2, -0.15) is 0 Å². The van der Waals surface area contributed by atoms with Crippen LogP contribution in [0.4, 0.5) is 4.79 Å². The molecular weight excluding hydrogens is 390 g/mol. The van der Waals surface area contributed by atoms with Gasteiger partial charge in [0, 0.05) is 55.6 Å². The number of rotatable bonds is 5. The second-order valence-electron chi connectivity index (χ2n) is 8.02. The lowest BCUT2D eigenvalue weighted by atomic mass is 9.87. The number of hydrogen-bond donors (Lipinski definition) is 1. The van der Waals surface area contributed by atoms with Crippen molar-refractivity contribution in [1.29, 1.82) is 0 Å². The Morgan fingerprint density at radius 3 is 2.39 bits per heavy atom. The number of H-pyrrole nitrogens is 1. The van der Waals surface area contributed by atoms with Crippen LogP contribution in [-0.4, -0.2) is 59.6 Å². The van der Waals surface area contributed by atoms with Gasteiger partial charge in [-0.25, -0.2) is 4.79 Å². The molecule has 1 atom stereocenters. The summed E-state index contributed by atoms with van der Waals surface area (Å²) in [6.07, 6.45) is 2.12. The molecule has 0 radical (unpaired) electrons. The van der Waals surface area contributed by atoms with Gasteiger partial charge in [-0.15, -0.1) is 0 Å². The number of aromatic amines is 1. The number of para-hydroxylation sites is 1. The average Bonchev–Trinajstić information content (AvgIpc) is 3.22. The molecule has 0 spiro atoms. The molecular formula is C25H29N3O3. The molecule has 2 aromatic carbocycles. The predicted octanol–water partition coefficient (Wildman–Crippen LogP) is 4.30. The number of aryl methyl sites for hydroxylation is 1. The maximum absolute atomic E-state index is 13.3. The molecule has 1 saturated heterocycles. The molecule has 2 heterocycles. The Bertz CT molecular complexity index is 1050. The maximum Gasteiger partial charge on any atom is 0.409 e. The van der Waals surface area contributed by atoms with Crippen molar-refractivity contribution in [1.82, 2.24) is 14.8 Å². The molecule has 1 aliphatic heterocycles. The quantitative estimate of drug-likeness (QED) is 0.671. The minimum atomic E-state index is -0.300. The van der Waals surface area contributed by atoms with Gasteiger partial charge < -0.3 is 19.5 Å². The van der Waals surface area contributed by atoms with Crippen LogP contribution in [0.15, 0.2) is 54.7 Å². The fraction of sp³-hybridized carbons (Fsp3) is 0.360. The molecule has 6 heteroatoms. The molecule has 1 fully saturated rings. The summed E-state index contributed by atoms with van der Waals surface area (Å²) in [7, 11) is 0. The minimum Gasteiger partial charge on any atom is -0.450 e. The molecule has 1 aliphatic rings. The smallest absolute Gasteiger partial charge is 0.409 e. The van der Waals surface area contributed by atoms with Crippen LogP contribution in [-0.2, 0) is 9.53 Å². The van der Waals surface area contributed by atoms with Crippen molar-refractivity contribution in [2.45, 2.75) is 26.2 Å². The van der Waals surface area contributed by atoms with Crippen molar-refractivity contribution in [2.24, 2.45) is 0 Å². The van der Waals surface area contributed by atoms with Gasteiger partial charge in [-0.3, -0.25) is 4.79 Å². The highest BCUT2D eigenvalue weighted by Gasteiger charge is 2.28. The van der Waals surface area contributed by atoms with Gasteiger partial charge in [0.2, 0.25) is 5.91 Å². The molecule has 3 aromatic rings. The topological polar surface area (TPSA) is 65.6 Å². The Morgan fingerprint density at radius 2 is 1.68 bits per heavy atom. The molecule has 1 aromatic heterocycles. The highest BCUT2D eigenvalue weighted by atomic mass is 16.6. The van der Waals surface area contributed by atoms with Crippen molar-refractivity contribution in [3.63, 3.8) is 0 Å². The summed E-state index contributed by atoms with van der Waals surface area (Å²) in [5.74, 6) is 0.0756. The van der Waals surface area contributed by atoms with E-state index in [1.165, 1.54) is 5.56 Å². The van der Waals surface area contributed by atoms with Crippen LogP contribution in [0.2, 0.25) is 0 Å². The van der Waals surface area contributed by atoms with E-state index < -0.39 is 0 Å². The largest absolute Gasteiger partial charge is 0.450 e. The SMILES string of the molecule is CCOC(=O)N1CCN(C(=O)C[C@H](c2ccc(C)cc2)c2c[nH]c3ccccc23)CC1. The molecule has 0 unspecified atom stereocenters. The maximum atomic E-state index is 13.3. The molecule has 1 N–H and O–H groups in total. The number of carbonyl (C=O) groups is 2. The van der Waals surface area contributed by atoms with Crippen molar-refractivity contribution in [3.8, 4) is 0 Å². The molecule has 0 saturated carbocycles. The first kappa shape index (κ1) is 21.0. The van der Waals surface area contributed by atoms with E-state index in [-0.39, 0.29) is 17.9 Å². The van der Waals surface area contributed by atoms with Crippen LogP contribution >= 0.6 is 0 Å².